The van der Waals surface area contributed by atoms with E-state index in [1.807, 2.05) is 18.3 Å². The van der Waals surface area contributed by atoms with Gasteiger partial charge in [0.1, 0.15) is 13.2 Å². The zero-order valence-corrected chi connectivity index (χ0v) is 15.5. The summed E-state index contributed by atoms with van der Waals surface area (Å²) in [6.45, 7) is 2.73. The van der Waals surface area contributed by atoms with Gasteiger partial charge < -0.3 is 19.5 Å². The predicted molar refractivity (Wildman–Crippen MR) is 97.9 cm³/mol. The Morgan fingerprint density at radius 1 is 1.24 bits per heavy atom. The van der Waals surface area contributed by atoms with Gasteiger partial charge in [0.15, 0.2) is 11.5 Å². The van der Waals surface area contributed by atoms with Gasteiger partial charge in [0.25, 0.3) is 0 Å². The molecule has 2 unspecified atom stereocenters. The third-order valence-electron chi connectivity index (χ3n) is 4.56. The van der Waals surface area contributed by atoms with Crippen molar-refractivity contribution in [1.29, 1.82) is 0 Å². The number of rotatable bonds is 5. The van der Waals surface area contributed by atoms with Gasteiger partial charge in [0, 0.05) is 25.5 Å². The highest BCUT2D eigenvalue weighted by Crippen LogP contribution is 2.38. The summed E-state index contributed by atoms with van der Waals surface area (Å²) in [5, 5.41) is 3.65. The van der Waals surface area contributed by atoms with E-state index in [9.17, 15) is 0 Å². The van der Waals surface area contributed by atoms with Crippen LogP contribution < -0.4 is 14.8 Å². The van der Waals surface area contributed by atoms with E-state index in [0.717, 1.165) is 46.5 Å². The lowest BCUT2D eigenvalue weighted by Gasteiger charge is -2.25. The molecule has 3 heterocycles. The Hall–Kier alpha value is -1.63. The number of nitrogens with zero attached hydrogens (tertiary/aromatic N) is 1. The second-order valence-electron chi connectivity index (χ2n) is 6.30. The first-order valence-corrected chi connectivity index (χ1v) is 9.43. The molecule has 0 radical (unpaired) electrons. The standard InChI is InChI=1S/C19H21BrN2O3/c20-15-9-13(10-17-19(15)25-8-7-24-17)11-22-18(16-4-2-6-23-16)14-3-1-5-21-12-14/h1,3,5,9-10,12,16,18,22H,2,4,6-8,11H2. The first kappa shape index (κ1) is 16.8. The molecule has 6 heteroatoms. The van der Waals surface area contributed by atoms with Crippen molar-refractivity contribution in [3.05, 3.63) is 52.3 Å². The summed E-state index contributed by atoms with van der Waals surface area (Å²) in [4.78, 5) is 4.26. The SMILES string of the molecule is Brc1cc(CNC(c2cccnc2)C2CCCO2)cc2c1OCCO2. The number of benzene rings is 1. The third kappa shape index (κ3) is 3.81. The van der Waals surface area contributed by atoms with Crippen LogP contribution in [-0.2, 0) is 11.3 Å². The van der Waals surface area contributed by atoms with E-state index in [1.54, 1.807) is 6.20 Å². The third-order valence-corrected chi connectivity index (χ3v) is 5.15. The minimum absolute atomic E-state index is 0.128. The Morgan fingerprint density at radius 3 is 2.96 bits per heavy atom. The molecule has 2 aliphatic rings. The summed E-state index contributed by atoms with van der Waals surface area (Å²) in [6, 6.07) is 8.33. The van der Waals surface area contributed by atoms with Crippen LogP contribution in [0.4, 0.5) is 0 Å². The highest BCUT2D eigenvalue weighted by atomic mass is 79.9. The number of pyridine rings is 1. The number of hydrogen-bond donors (Lipinski definition) is 1. The van der Waals surface area contributed by atoms with Crippen molar-refractivity contribution in [3.8, 4) is 11.5 Å². The molecule has 2 aromatic rings. The van der Waals surface area contributed by atoms with Crippen LogP contribution in [0, 0.1) is 0 Å². The molecule has 132 valence electrons. The molecule has 25 heavy (non-hydrogen) atoms. The van der Waals surface area contributed by atoms with Gasteiger partial charge in [-0.05, 0) is 58.1 Å². The molecule has 1 fully saturated rings. The van der Waals surface area contributed by atoms with Crippen LogP contribution in [0.3, 0.4) is 0 Å². The highest BCUT2D eigenvalue weighted by Gasteiger charge is 2.27. The molecule has 1 aromatic heterocycles. The number of halogens is 1. The molecule has 0 bridgehead atoms. The van der Waals surface area contributed by atoms with E-state index < -0.39 is 0 Å². The van der Waals surface area contributed by atoms with Gasteiger partial charge in [-0.1, -0.05) is 6.07 Å². The first-order valence-electron chi connectivity index (χ1n) is 8.64. The van der Waals surface area contributed by atoms with Crippen LogP contribution in [0.25, 0.3) is 0 Å². The lowest BCUT2D eigenvalue weighted by molar-refractivity contribution is 0.0775. The van der Waals surface area contributed by atoms with E-state index >= 15 is 0 Å². The van der Waals surface area contributed by atoms with Crippen LogP contribution in [0.15, 0.2) is 41.1 Å². The molecule has 1 N–H and O–H groups in total. The van der Waals surface area contributed by atoms with Crippen molar-refractivity contribution >= 4 is 15.9 Å². The molecule has 0 aliphatic carbocycles. The Morgan fingerprint density at radius 2 is 2.16 bits per heavy atom. The van der Waals surface area contributed by atoms with Gasteiger partial charge in [-0.15, -0.1) is 0 Å². The minimum Gasteiger partial charge on any atom is -0.486 e. The van der Waals surface area contributed by atoms with Crippen molar-refractivity contribution in [2.45, 2.75) is 31.5 Å². The monoisotopic (exact) mass is 404 g/mol. The van der Waals surface area contributed by atoms with Crippen LogP contribution in [-0.4, -0.2) is 30.9 Å². The first-order chi connectivity index (χ1) is 12.3. The maximum absolute atomic E-state index is 5.93. The molecular weight excluding hydrogens is 384 g/mol. The van der Waals surface area contributed by atoms with Crippen molar-refractivity contribution in [3.63, 3.8) is 0 Å². The highest BCUT2D eigenvalue weighted by molar-refractivity contribution is 9.10. The van der Waals surface area contributed by atoms with E-state index in [2.05, 4.69) is 38.4 Å². The van der Waals surface area contributed by atoms with E-state index in [-0.39, 0.29) is 12.1 Å². The fourth-order valence-electron chi connectivity index (χ4n) is 3.38. The fourth-order valence-corrected chi connectivity index (χ4v) is 3.99. The van der Waals surface area contributed by atoms with Crippen molar-refractivity contribution in [1.82, 2.24) is 10.3 Å². The number of hydrogen-bond acceptors (Lipinski definition) is 5. The van der Waals surface area contributed by atoms with Gasteiger partial charge in [-0.2, -0.15) is 0 Å². The summed E-state index contributed by atoms with van der Waals surface area (Å²) in [5.74, 6) is 1.59. The molecule has 0 amide bonds. The van der Waals surface area contributed by atoms with Gasteiger partial charge in [-0.25, -0.2) is 0 Å². The Bertz CT molecular complexity index is 720. The number of ether oxygens (including phenoxy) is 3. The summed E-state index contributed by atoms with van der Waals surface area (Å²) in [6.07, 6.45) is 6.08. The van der Waals surface area contributed by atoms with E-state index in [1.165, 1.54) is 0 Å². The molecule has 1 aromatic carbocycles. The molecule has 5 nitrogen and oxygen atoms in total. The lowest BCUT2D eigenvalue weighted by atomic mass is 10.0. The summed E-state index contributed by atoms with van der Waals surface area (Å²) in [7, 11) is 0. The number of aromatic nitrogens is 1. The summed E-state index contributed by atoms with van der Waals surface area (Å²) < 4.78 is 18.2. The van der Waals surface area contributed by atoms with E-state index in [0.29, 0.717) is 19.8 Å². The van der Waals surface area contributed by atoms with E-state index in [4.69, 9.17) is 14.2 Å². The molecule has 1 saturated heterocycles. The molecule has 2 aliphatic heterocycles. The largest absolute Gasteiger partial charge is 0.486 e. The maximum atomic E-state index is 5.93. The lowest BCUT2D eigenvalue weighted by Crippen LogP contribution is -2.31. The molecular formula is C19H21BrN2O3. The van der Waals surface area contributed by atoms with Crippen molar-refractivity contribution in [2.75, 3.05) is 19.8 Å². The average molecular weight is 405 g/mol. The quantitative estimate of drug-likeness (QED) is 0.824. The number of nitrogens with one attached hydrogen (secondary N) is 1. The fraction of sp³-hybridized carbons (Fsp3) is 0.421. The maximum Gasteiger partial charge on any atom is 0.175 e. The second-order valence-corrected chi connectivity index (χ2v) is 7.15. The van der Waals surface area contributed by atoms with Gasteiger partial charge >= 0.3 is 0 Å². The summed E-state index contributed by atoms with van der Waals surface area (Å²) in [5.41, 5.74) is 2.30. The molecule has 4 rings (SSSR count). The smallest absolute Gasteiger partial charge is 0.175 e. The van der Waals surface area contributed by atoms with Crippen LogP contribution >= 0.6 is 15.9 Å². The molecule has 0 spiro atoms. The zero-order chi connectivity index (χ0) is 17.1. The topological polar surface area (TPSA) is 52.6 Å². The molecule has 2 atom stereocenters. The normalized spacial score (nSPS) is 20.4. The van der Waals surface area contributed by atoms with Crippen LogP contribution in [0.2, 0.25) is 0 Å². The van der Waals surface area contributed by atoms with Gasteiger partial charge in [-0.3, -0.25) is 4.98 Å². The Kier molecular flexibility index (Phi) is 5.20. The zero-order valence-electron chi connectivity index (χ0n) is 13.9. The van der Waals surface area contributed by atoms with Crippen LogP contribution in [0.5, 0.6) is 11.5 Å². The molecule has 0 saturated carbocycles. The van der Waals surface area contributed by atoms with Crippen molar-refractivity contribution in [2.24, 2.45) is 0 Å². The second kappa shape index (κ2) is 7.72. The summed E-state index contributed by atoms with van der Waals surface area (Å²) >= 11 is 3.58. The van der Waals surface area contributed by atoms with Gasteiger partial charge in [0.05, 0.1) is 16.6 Å². The number of fused-ring (bicyclic) bond motifs is 1. The Labute approximate surface area is 155 Å². The predicted octanol–water partition coefficient (Wildman–Crippen LogP) is 3.63. The van der Waals surface area contributed by atoms with Crippen molar-refractivity contribution < 1.29 is 14.2 Å². The average Bonchev–Trinajstić information content (AvgIpc) is 3.17. The van der Waals surface area contributed by atoms with Gasteiger partial charge in [0.2, 0.25) is 0 Å². The van der Waals surface area contributed by atoms with Crippen LogP contribution in [0.1, 0.15) is 30.0 Å². The Balaban J connectivity index is 1.52. The minimum atomic E-state index is 0.128.